The molecule has 2 rings (SSSR count). The third-order valence-corrected chi connectivity index (χ3v) is 2.52. The predicted octanol–water partition coefficient (Wildman–Crippen LogP) is 4.52. The molecule has 0 saturated carbocycles. The largest absolute Gasteiger partial charge is 0.493 e. The Hall–Kier alpha value is -2.22. The summed E-state index contributed by atoms with van der Waals surface area (Å²) < 4.78 is 11.1. The highest BCUT2D eigenvalue weighted by Crippen LogP contribution is 2.32. The lowest BCUT2D eigenvalue weighted by Crippen LogP contribution is -1.90. The highest BCUT2D eigenvalue weighted by Gasteiger charge is 2.05. The van der Waals surface area contributed by atoms with Gasteiger partial charge >= 0.3 is 0 Å². The van der Waals surface area contributed by atoms with E-state index < -0.39 is 0 Å². The average Bonchev–Trinajstić information content (AvgIpc) is 2.42. The average molecular weight is 240 g/mol. The van der Waals surface area contributed by atoms with Gasteiger partial charge in [0.2, 0.25) is 0 Å². The molecule has 0 aromatic heterocycles. The van der Waals surface area contributed by atoms with Crippen molar-refractivity contribution in [2.45, 2.75) is 6.92 Å². The smallest absolute Gasteiger partial charge is 0.169 e. The van der Waals surface area contributed by atoms with Crippen LogP contribution in [0.25, 0.3) is 6.08 Å². The first-order valence-corrected chi connectivity index (χ1v) is 5.87. The predicted molar refractivity (Wildman–Crippen MR) is 74.2 cm³/mol. The molecule has 0 amide bonds. The first-order chi connectivity index (χ1) is 8.83. The van der Waals surface area contributed by atoms with Crippen LogP contribution in [0.15, 0.2) is 54.6 Å². The summed E-state index contributed by atoms with van der Waals surface area (Å²) in [6.07, 6.45) is 4.02. The highest BCUT2D eigenvalue weighted by molar-refractivity contribution is 5.56. The number of hydrogen-bond donors (Lipinski definition) is 0. The van der Waals surface area contributed by atoms with E-state index in [2.05, 4.69) is 0 Å². The van der Waals surface area contributed by atoms with Gasteiger partial charge in [-0.1, -0.05) is 36.4 Å². The summed E-state index contributed by atoms with van der Waals surface area (Å²) in [4.78, 5) is 0. The fourth-order valence-electron chi connectivity index (χ4n) is 1.68. The first-order valence-electron chi connectivity index (χ1n) is 5.87. The van der Waals surface area contributed by atoms with Gasteiger partial charge < -0.3 is 9.47 Å². The van der Waals surface area contributed by atoms with Crippen LogP contribution in [0.3, 0.4) is 0 Å². The van der Waals surface area contributed by atoms with Crippen molar-refractivity contribution in [3.05, 3.63) is 60.2 Å². The Morgan fingerprint density at radius 2 is 1.72 bits per heavy atom. The van der Waals surface area contributed by atoms with Crippen molar-refractivity contribution in [1.29, 1.82) is 0 Å². The third-order valence-electron chi connectivity index (χ3n) is 2.52. The van der Waals surface area contributed by atoms with Crippen LogP contribution >= 0.6 is 0 Å². The standard InChI is InChI=1S/C16H16O2/c1-3-7-13-10-11-15(16(12-13)17-2)18-14-8-5-4-6-9-14/h3-12H,1-2H3. The Balaban J connectivity index is 2.28. The number of hydrogen-bond acceptors (Lipinski definition) is 2. The van der Waals surface area contributed by atoms with Gasteiger partial charge in [-0.05, 0) is 36.8 Å². The van der Waals surface area contributed by atoms with Crippen LogP contribution in [0.4, 0.5) is 0 Å². The van der Waals surface area contributed by atoms with Crippen LogP contribution in [0.5, 0.6) is 17.2 Å². The van der Waals surface area contributed by atoms with Crippen molar-refractivity contribution in [1.82, 2.24) is 0 Å². The van der Waals surface area contributed by atoms with E-state index in [0.717, 1.165) is 22.8 Å². The lowest BCUT2D eigenvalue weighted by atomic mass is 10.2. The molecule has 0 fully saturated rings. The molecule has 2 aromatic rings. The zero-order valence-corrected chi connectivity index (χ0v) is 10.6. The summed E-state index contributed by atoms with van der Waals surface area (Å²) in [5, 5.41) is 0. The molecule has 2 heteroatoms. The molecule has 0 atom stereocenters. The molecule has 0 radical (unpaired) electrons. The van der Waals surface area contributed by atoms with Gasteiger partial charge in [0.15, 0.2) is 11.5 Å². The van der Waals surface area contributed by atoms with E-state index in [1.165, 1.54) is 0 Å². The van der Waals surface area contributed by atoms with E-state index in [9.17, 15) is 0 Å². The zero-order valence-electron chi connectivity index (χ0n) is 10.6. The summed E-state index contributed by atoms with van der Waals surface area (Å²) in [5.74, 6) is 2.25. The summed E-state index contributed by atoms with van der Waals surface area (Å²) in [5.41, 5.74) is 1.09. The summed E-state index contributed by atoms with van der Waals surface area (Å²) >= 11 is 0. The van der Waals surface area contributed by atoms with Crippen molar-refractivity contribution in [2.75, 3.05) is 7.11 Å². The lowest BCUT2D eigenvalue weighted by Gasteiger charge is -2.10. The van der Waals surface area contributed by atoms with E-state index in [1.807, 2.05) is 67.6 Å². The first kappa shape index (κ1) is 12.2. The molecule has 0 saturated heterocycles. The Morgan fingerprint density at radius 3 is 2.39 bits per heavy atom. The minimum absolute atomic E-state index is 0.719. The van der Waals surface area contributed by atoms with Crippen molar-refractivity contribution in [2.24, 2.45) is 0 Å². The maximum absolute atomic E-state index is 5.78. The number of allylic oxidation sites excluding steroid dienone is 1. The number of benzene rings is 2. The molecule has 0 unspecified atom stereocenters. The molecular formula is C16H16O2. The minimum Gasteiger partial charge on any atom is -0.493 e. The van der Waals surface area contributed by atoms with Gasteiger partial charge in [-0.2, -0.15) is 0 Å². The Labute approximate surface area is 107 Å². The van der Waals surface area contributed by atoms with Crippen molar-refractivity contribution < 1.29 is 9.47 Å². The molecule has 0 spiro atoms. The Morgan fingerprint density at radius 1 is 0.944 bits per heavy atom. The van der Waals surface area contributed by atoms with Crippen LogP contribution in [0, 0.1) is 0 Å². The van der Waals surface area contributed by atoms with Gasteiger partial charge in [-0.15, -0.1) is 0 Å². The van der Waals surface area contributed by atoms with Gasteiger partial charge in [-0.3, -0.25) is 0 Å². The van der Waals surface area contributed by atoms with Gasteiger partial charge in [0, 0.05) is 0 Å². The maximum Gasteiger partial charge on any atom is 0.169 e. The molecule has 0 aliphatic carbocycles. The van der Waals surface area contributed by atoms with Crippen molar-refractivity contribution in [3.8, 4) is 17.2 Å². The van der Waals surface area contributed by atoms with Crippen molar-refractivity contribution in [3.63, 3.8) is 0 Å². The molecule has 2 aromatic carbocycles. The number of para-hydroxylation sites is 1. The second-order valence-corrected chi connectivity index (χ2v) is 3.83. The van der Waals surface area contributed by atoms with Crippen LogP contribution in [0.2, 0.25) is 0 Å². The highest BCUT2D eigenvalue weighted by atomic mass is 16.5. The molecule has 0 heterocycles. The van der Waals surface area contributed by atoms with Crippen LogP contribution in [-0.2, 0) is 0 Å². The molecule has 92 valence electrons. The van der Waals surface area contributed by atoms with Gasteiger partial charge in [0.1, 0.15) is 5.75 Å². The van der Waals surface area contributed by atoms with E-state index in [1.54, 1.807) is 7.11 Å². The molecular weight excluding hydrogens is 224 g/mol. The topological polar surface area (TPSA) is 18.5 Å². The second kappa shape index (κ2) is 5.92. The molecule has 2 nitrogen and oxygen atoms in total. The quantitative estimate of drug-likeness (QED) is 0.782. The Bertz CT molecular complexity index is 530. The zero-order chi connectivity index (χ0) is 12.8. The number of ether oxygens (including phenoxy) is 2. The van der Waals surface area contributed by atoms with E-state index in [-0.39, 0.29) is 0 Å². The van der Waals surface area contributed by atoms with Crippen molar-refractivity contribution >= 4 is 6.08 Å². The Kier molecular flexibility index (Phi) is 4.02. The second-order valence-electron chi connectivity index (χ2n) is 3.83. The number of methoxy groups -OCH3 is 1. The molecule has 0 aliphatic heterocycles. The summed E-state index contributed by atoms with van der Waals surface area (Å²) in [6, 6.07) is 15.5. The fraction of sp³-hybridized carbons (Fsp3) is 0.125. The molecule has 0 aliphatic rings. The fourth-order valence-corrected chi connectivity index (χ4v) is 1.68. The lowest BCUT2D eigenvalue weighted by molar-refractivity contribution is 0.379. The summed E-state index contributed by atoms with van der Waals surface area (Å²) in [7, 11) is 1.65. The summed E-state index contributed by atoms with van der Waals surface area (Å²) in [6.45, 7) is 1.99. The van der Waals surface area contributed by atoms with Gasteiger partial charge in [0.25, 0.3) is 0 Å². The van der Waals surface area contributed by atoms with Gasteiger partial charge in [-0.25, -0.2) is 0 Å². The molecule has 0 bridgehead atoms. The van der Waals surface area contributed by atoms with E-state index in [4.69, 9.17) is 9.47 Å². The van der Waals surface area contributed by atoms with E-state index in [0.29, 0.717) is 0 Å². The minimum atomic E-state index is 0.719. The van der Waals surface area contributed by atoms with Crippen LogP contribution in [-0.4, -0.2) is 7.11 Å². The molecule has 18 heavy (non-hydrogen) atoms. The van der Waals surface area contributed by atoms with Crippen LogP contribution in [0.1, 0.15) is 12.5 Å². The van der Waals surface area contributed by atoms with Crippen LogP contribution < -0.4 is 9.47 Å². The number of rotatable bonds is 4. The maximum atomic E-state index is 5.78. The third kappa shape index (κ3) is 2.92. The SMILES string of the molecule is CC=Cc1ccc(Oc2ccccc2)c(OC)c1. The monoisotopic (exact) mass is 240 g/mol. The van der Waals surface area contributed by atoms with Gasteiger partial charge in [0.05, 0.1) is 7.11 Å². The molecule has 0 N–H and O–H groups in total. The normalized spacial score (nSPS) is 10.6. The van der Waals surface area contributed by atoms with E-state index >= 15 is 0 Å².